The highest BCUT2D eigenvalue weighted by Crippen LogP contribution is 2.26. The van der Waals surface area contributed by atoms with Crippen molar-refractivity contribution in [1.29, 1.82) is 0 Å². The average Bonchev–Trinajstić information content (AvgIpc) is 3.19. The Balaban J connectivity index is 1.79. The Bertz CT molecular complexity index is 461. The maximum absolute atomic E-state index is 13.0. The van der Waals surface area contributed by atoms with Crippen LogP contribution in [-0.2, 0) is 11.3 Å². The van der Waals surface area contributed by atoms with E-state index in [1.807, 2.05) is 11.8 Å². The van der Waals surface area contributed by atoms with Crippen molar-refractivity contribution in [2.24, 2.45) is 0 Å². The van der Waals surface area contributed by atoms with Crippen LogP contribution in [0.5, 0.6) is 0 Å². The zero-order valence-corrected chi connectivity index (χ0v) is 11.0. The maximum Gasteiger partial charge on any atom is 0.236 e. The number of nitrogens with zero attached hydrogens (tertiary/aromatic N) is 1. The van der Waals surface area contributed by atoms with E-state index in [4.69, 9.17) is 0 Å². The minimum absolute atomic E-state index is 0.0626. The zero-order valence-electron chi connectivity index (χ0n) is 11.0. The summed E-state index contributed by atoms with van der Waals surface area (Å²) in [4.78, 5) is 13.8. The molecule has 0 heterocycles. The first-order valence-corrected chi connectivity index (χ1v) is 6.56. The van der Waals surface area contributed by atoms with Crippen molar-refractivity contribution in [3.05, 3.63) is 35.4 Å². The molecule has 0 atom stereocenters. The van der Waals surface area contributed by atoms with Crippen molar-refractivity contribution in [1.82, 2.24) is 10.2 Å². The summed E-state index contributed by atoms with van der Waals surface area (Å²) in [6.45, 7) is 3.26. The van der Waals surface area contributed by atoms with E-state index in [-0.39, 0.29) is 12.5 Å². The highest BCUT2D eigenvalue weighted by Gasteiger charge is 2.30. The molecule has 1 amide bonds. The summed E-state index contributed by atoms with van der Waals surface area (Å²) in [7, 11) is 0. The van der Waals surface area contributed by atoms with Crippen LogP contribution in [0.15, 0.2) is 18.2 Å². The second-order valence-corrected chi connectivity index (χ2v) is 4.76. The molecule has 0 radical (unpaired) electrons. The van der Waals surface area contributed by atoms with Crippen molar-refractivity contribution in [3.63, 3.8) is 0 Å². The summed E-state index contributed by atoms with van der Waals surface area (Å²) >= 11 is 0. The van der Waals surface area contributed by atoms with E-state index < -0.39 is 11.6 Å². The van der Waals surface area contributed by atoms with E-state index in [9.17, 15) is 13.6 Å². The fraction of sp³-hybridized carbons (Fsp3) is 0.500. The number of rotatable bonds is 6. The molecule has 1 aromatic rings. The molecule has 0 aliphatic heterocycles. The van der Waals surface area contributed by atoms with Crippen LogP contribution in [0.25, 0.3) is 0 Å². The fourth-order valence-electron chi connectivity index (χ4n) is 2.09. The van der Waals surface area contributed by atoms with E-state index in [2.05, 4.69) is 5.32 Å². The number of nitrogens with one attached hydrogen (secondary N) is 1. The van der Waals surface area contributed by atoms with Gasteiger partial charge in [0.15, 0.2) is 11.6 Å². The van der Waals surface area contributed by atoms with Crippen LogP contribution in [0.3, 0.4) is 0 Å². The summed E-state index contributed by atoms with van der Waals surface area (Å²) in [5.41, 5.74) is 0.626. The summed E-state index contributed by atoms with van der Waals surface area (Å²) in [5, 5.41) is 2.97. The van der Waals surface area contributed by atoms with Gasteiger partial charge in [0.2, 0.25) is 5.91 Å². The minimum Gasteiger partial charge on any atom is -0.339 e. The van der Waals surface area contributed by atoms with Gasteiger partial charge in [-0.25, -0.2) is 8.78 Å². The number of likely N-dealkylation sites (N-methyl/N-ethyl adjacent to an activating group) is 1. The molecule has 0 unspecified atom stereocenters. The highest BCUT2D eigenvalue weighted by atomic mass is 19.2. The third-order valence-corrected chi connectivity index (χ3v) is 3.24. The molecule has 0 saturated heterocycles. The zero-order chi connectivity index (χ0) is 13.8. The lowest BCUT2D eigenvalue weighted by Gasteiger charge is -2.20. The van der Waals surface area contributed by atoms with E-state index >= 15 is 0 Å². The molecule has 19 heavy (non-hydrogen) atoms. The van der Waals surface area contributed by atoms with Crippen LogP contribution in [-0.4, -0.2) is 29.9 Å². The third-order valence-electron chi connectivity index (χ3n) is 3.24. The molecule has 1 N–H and O–H groups in total. The smallest absolute Gasteiger partial charge is 0.236 e. The predicted octanol–water partition coefficient (Wildman–Crippen LogP) is 2.07. The molecule has 5 heteroatoms. The van der Waals surface area contributed by atoms with Crippen molar-refractivity contribution >= 4 is 5.91 Å². The second kappa shape index (κ2) is 6.10. The lowest BCUT2D eigenvalue weighted by atomic mass is 10.2. The van der Waals surface area contributed by atoms with Crippen LogP contribution in [0.2, 0.25) is 0 Å². The average molecular weight is 268 g/mol. The second-order valence-electron chi connectivity index (χ2n) is 4.76. The molecular weight excluding hydrogens is 250 g/mol. The molecule has 2 rings (SSSR count). The van der Waals surface area contributed by atoms with Crippen molar-refractivity contribution in [2.45, 2.75) is 32.4 Å². The van der Waals surface area contributed by atoms with Gasteiger partial charge in [-0.05, 0) is 37.5 Å². The Morgan fingerprint density at radius 3 is 2.68 bits per heavy atom. The Kier molecular flexibility index (Phi) is 4.47. The third kappa shape index (κ3) is 3.73. The van der Waals surface area contributed by atoms with Crippen LogP contribution < -0.4 is 5.32 Å². The number of benzene rings is 1. The summed E-state index contributed by atoms with van der Waals surface area (Å²) in [6.07, 6.45) is 2.17. The molecule has 104 valence electrons. The van der Waals surface area contributed by atoms with Gasteiger partial charge in [-0.1, -0.05) is 6.07 Å². The number of hydrogen-bond acceptors (Lipinski definition) is 2. The monoisotopic (exact) mass is 268 g/mol. The van der Waals surface area contributed by atoms with Gasteiger partial charge in [0.05, 0.1) is 6.54 Å². The van der Waals surface area contributed by atoms with Crippen molar-refractivity contribution in [2.75, 3.05) is 13.1 Å². The lowest BCUT2D eigenvalue weighted by Crippen LogP contribution is -2.39. The number of amides is 1. The summed E-state index contributed by atoms with van der Waals surface area (Å²) < 4.78 is 25.7. The van der Waals surface area contributed by atoms with Crippen LogP contribution in [0.4, 0.5) is 8.78 Å². The Morgan fingerprint density at radius 1 is 1.37 bits per heavy atom. The molecule has 0 aromatic heterocycles. The van der Waals surface area contributed by atoms with Gasteiger partial charge < -0.3 is 10.2 Å². The molecule has 3 nitrogen and oxygen atoms in total. The van der Waals surface area contributed by atoms with E-state index in [1.165, 1.54) is 6.07 Å². The van der Waals surface area contributed by atoms with Gasteiger partial charge in [0, 0.05) is 19.1 Å². The Morgan fingerprint density at radius 2 is 2.11 bits per heavy atom. The fourth-order valence-corrected chi connectivity index (χ4v) is 2.09. The number of carbonyl (C=O) groups is 1. The SMILES string of the molecule is CCN(C(=O)CNCc1ccc(F)c(F)c1)C1CC1. The molecule has 0 spiro atoms. The lowest BCUT2D eigenvalue weighted by molar-refractivity contribution is -0.130. The molecule has 1 saturated carbocycles. The van der Waals surface area contributed by atoms with Crippen molar-refractivity contribution < 1.29 is 13.6 Å². The molecular formula is C14H18F2N2O. The molecule has 1 aliphatic carbocycles. The standard InChI is InChI=1S/C14H18F2N2O/c1-2-18(11-4-5-11)14(19)9-17-8-10-3-6-12(15)13(16)7-10/h3,6-7,11,17H,2,4-5,8-9H2,1H3. The van der Waals surface area contributed by atoms with Crippen molar-refractivity contribution in [3.8, 4) is 0 Å². The maximum atomic E-state index is 13.0. The van der Waals surface area contributed by atoms with Gasteiger partial charge in [-0.2, -0.15) is 0 Å². The largest absolute Gasteiger partial charge is 0.339 e. The molecule has 1 aromatic carbocycles. The normalized spacial score (nSPS) is 14.5. The first-order chi connectivity index (χ1) is 9.11. The van der Waals surface area contributed by atoms with Crippen LogP contribution in [0.1, 0.15) is 25.3 Å². The first-order valence-electron chi connectivity index (χ1n) is 6.56. The van der Waals surface area contributed by atoms with E-state index in [0.29, 0.717) is 18.2 Å². The first kappa shape index (κ1) is 13.9. The Labute approximate surface area is 111 Å². The minimum atomic E-state index is -0.862. The predicted molar refractivity (Wildman–Crippen MR) is 68.5 cm³/mol. The molecule has 1 fully saturated rings. The van der Waals surface area contributed by atoms with Crippen LogP contribution in [0, 0.1) is 11.6 Å². The summed E-state index contributed by atoms with van der Waals surface area (Å²) in [6, 6.07) is 4.15. The van der Waals surface area contributed by atoms with Crippen LogP contribution >= 0.6 is 0 Å². The van der Waals surface area contributed by atoms with E-state index in [1.54, 1.807) is 0 Å². The summed E-state index contributed by atoms with van der Waals surface area (Å²) in [5.74, 6) is -1.66. The topological polar surface area (TPSA) is 32.3 Å². The number of hydrogen-bond donors (Lipinski definition) is 1. The van der Waals surface area contributed by atoms with Gasteiger partial charge in [0.25, 0.3) is 0 Å². The number of halogens is 2. The quantitative estimate of drug-likeness (QED) is 0.856. The highest BCUT2D eigenvalue weighted by molar-refractivity contribution is 5.78. The molecule has 0 bridgehead atoms. The Hall–Kier alpha value is -1.49. The van der Waals surface area contributed by atoms with E-state index in [0.717, 1.165) is 31.5 Å². The van der Waals surface area contributed by atoms with Gasteiger partial charge in [-0.3, -0.25) is 4.79 Å². The van der Waals surface area contributed by atoms with Gasteiger partial charge in [-0.15, -0.1) is 0 Å². The number of carbonyl (C=O) groups excluding carboxylic acids is 1. The molecule has 1 aliphatic rings. The van der Waals surface area contributed by atoms with Gasteiger partial charge >= 0.3 is 0 Å². The van der Waals surface area contributed by atoms with Gasteiger partial charge in [0.1, 0.15) is 0 Å².